The molecule has 1 aliphatic heterocycles. The van der Waals surface area contributed by atoms with Crippen LogP contribution in [-0.2, 0) is 13.0 Å². The number of nitrogens with zero attached hydrogens (tertiary/aromatic N) is 3. The maximum Gasteiger partial charge on any atom is 0.282 e. The molecule has 1 aliphatic rings. The van der Waals surface area contributed by atoms with Crippen LogP contribution in [-0.4, -0.2) is 22.7 Å². The molecule has 36 heavy (non-hydrogen) atoms. The Morgan fingerprint density at radius 3 is 2.86 bits per heavy atom. The van der Waals surface area contributed by atoms with E-state index in [-0.39, 0.29) is 12.4 Å². The fourth-order valence-corrected chi connectivity index (χ4v) is 4.42. The van der Waals surface area contributed by atoms with Gasteiger partial charge in [0.05, 0.1) is 17.1 Å². The molecule has 0 fully saturated rings. The van der Waals surface area contributed by atoms with Gasteiger partial charge in [-0.25, -0.2) is 4.98 Å². The molecule has 3 aromatic carbocycles. The van der Waals surface area contributed by atoms with Gasteiger partial charge in [-0.1, -0.05) is 46.9 Å². The number of aromatic nitrogens is 2. The molecular formula is C27H23BrClN3O4. The van der Waals surface area contributed by atoms with E-state index in [1.54, 1.807) is 30.5 Å². The van der Waals surface area contributed by atoms with Crippen molar-refractivity contribution in [3.63, 3.8) is 0 Å². The van der Waals surface area contributed by atoms with Gasteiger partial charge in [0.1, 0.15) is 18.2 Å². The Balaban J connectivity index is 1.47. The highest BCUT2D eigenvalue weighted by Crippen LogP contribution is 2.33. The van der Waals surface area contributed by atoms with E-state index < -0.39 is 0 Å². The topological polar surface area (TPSA) is 74.9 Å². The molecule has 5 rings (SSSR count). The van der Waals surface area contributed by atoms with E-state index in [0.717, 1.165) is 28.6 Å². The molecular weight excluding hydrogens is 546 g/mol. The highest BCUT2D eigenvalue weighted by Gasteiger charge is 2.14. The molecule has 0 bridgehead atoms. The van der Waals surface area contributed by atoms with Crippen LogP contribution < -0.4 is 19.8 Å². The molecule has 0 aliphatic carbocycles. The molecule has 4 aromatic rings. The first kappa shape index (κ1) is 24.3. The molecule has 0 N–H and O–H groups in total. The van der Waals surface area contributed by atoms with Crippen molar-refractivity contribution < 1.29 is 14.2 Å². The number of benzene rings is 3. The van der Waals surface area contributed by atoms with Crippen molar-refractivity contribution in [1.29, 1.82) is 0 Å². The molecule has 184 valence electrons. The summed E-state index contributed by atoms with van der Waals surface area (Å²) < 4.78 is 19.1. The minimum atomic E-state index is -0.228. The van der Waals surface area contributed by atoms with Crippen LogP contribution in [0, 0.1) is 0 Å². The van der Waals surface area contributed by atoms with Crippen molar-refractivity contribution >= 4 is 44.6 Å². The third-order valence-corrected chi connectivity index (χ3v) is 6.47. The smallest absolute Gasteiger partial charge is 0.282 e. The van der Waals surface area contributed by atoms with E-state index in [4.69, 9.17) is 30.8 Å². The lowest BCUT2D eigenvalue weighted by Crippen LogP contribution is -2.22. The summed E-state index contributed by atoms with van der Waals surface area (Å²) in [5.74, 6) is 2.61. The Morgan fingerprint density at radius 2 is 2.00 bits per heavy atom. The van der Waals surface area contributed by atoms with E-state index >= 15 is 0 Å². The Kier molecular flexibility index (Phi) is 7.25. The Hall–Kier alpha value is -3.36. The molecule has 0 amide bonds. The zero-order valence-electron chi connectivity index (χ0n) is 19.5. The molecule has 2 heterocycles. The quantitative estimate of drug-likeness (QED) is 0.232. The van der Waals surface area contributed by atoms with Crippen LogP contribution in [0.4, 0.5) is 0 Å². The maximum absolute atomic E-state index is 13.4. The van der Waals surface area contributed by atoms with Crippen molar-refractivity contribution in [2.75, 3.05) is 6.79 Å². The maximum atomic E-state index is 13.4. The van der Waals surface area contributed by atoms with E-state index in [9.17, 15) is 4.79 Å². The number of fused-ring (bicyclic) bond motifs is 2. The predicted octanol–water partition coefficient (Wildman–Crippen LogP) is 6.34. The molecule has 0 spiro atoms. The molecule has 9 heteroatoms. The standard InChI is InChI=1S/C27H23BrClN3O4/c1-2-3-4-26-31-22-8-6-19(28)13-21(22)27(33)32(26)30-14-18-12-20(29)7-10-23(18)34-15-17-5-9-24-25(11-17)36-16-35-24/h5-14H,2-4,15-16H2,1H3. The SMILES string of the molecule is CCCCc1nc2ccc(Br)cc2c(=O)n1N=Cc1cc(Cl)ccc1OCc1ccc2c(c1)OCO2. The fourth-order valence-electron chi connectivity index (χ4n) is 3.87. The average molecular weight is 569 g/mol. The van der Waals surface area contributed by atoms with E-state index in [1.807, 2.05) is 30.3 Å². The summed E-state index contributed by atoms with van der Waals surface area (Å²) in [4.78, 5) is 18.1. The normalized spacial score (nSPS) is 12.5. The minimum Gasteiger partial charge on any atom is -0.488 e. The number of aryl methyl sites for hydroxylation is 1. The molecule has 0 atom stereocenters. The van der Waals surface area contributed by atoms with E-state index in [2.05, 4.69) is 28.0 Å². The fraction of sp³-hybridized carbons (Fsp3) is 0.222. The molecule has 0 saturated heterocycles. The number of halogens is 2. The molecule has 1 aromatic heterocycles. The van der Waals surface area contributed by atoms with Crippen molar-refractivity contribution in [2.45, 2.75) is 32.8 Å². The first-order valence-corrected chi connectivity index (χ1v) is 12.8. The van der Waals surface area contributed by atoms with Gasteiger partial charge in [-0.05, 0) is 60.5 Å². The van der Waals surface area contributed by atoms with Gasteiger partial charge in [0.25, 0.3) is 5.56 Å². The lowest BCUT2D eigenvalue weighted by atomic mass is 10.2. The third kappa shape index (κ3) is 5.24. The summed E-state index contributed by atoms with van der Waals surface area (Å²) in [5.41, 5.74) is 2.00. The molecule has 7 nitrogen and oxygen atoms in total. The first-order chi connectivity index (χ1) is 17.5. The van der Waals surface area contributed by atoms with Gasteiger partial charge in [0.15, 0.2) is 11.5 Å². The average Bonchev–Trinajstić information content (AvgIpc) is 3.35. The summed E-state index contributed by atoms with van der Waals surface area (Å²) in [6.07, 6.45) is 4.09. The van der Waals surface area contributed by atoms with Crippen molar-refractivity contribution in [2.24, 2.45) is 5.10 Å². The van der Waals surface area contributed by atoms with Gasteiger partial charge in [-0.15, -0.1) is 0 Å². The molecule has 0 saturated carbocycles. The number of rotatable bonds is 8. The highest BCUT2D eigenvalue weighted by molar-refractivity contribution is 9.10. The summed E-state index contributed by atoms with van der Waals surface area (Å²) in [5, 5.41) is 5.56. The zero-order valence-corrected chi connectivity index (χ0v) is 21.9. The first-order valence-electron chi connectivity index (χ1n) is 11.6. The minimum absolute atomic E-state index is 0.220. The molecule has 0 unspecified atom stereocenters. The largest absolute Gasteiger partial charge is 0.488 e. The Labute approximate surface area is 221 Å². The van der Waals surface area contributed by atoms with Crippen molar-refractivity contribution in [3.05, 3.63) is 91.4 Å². The second kappa shape index (κ2) is 10.7. The summed E-state index contributed by atoms with van der Waals surface area (Å²) in [6.45, 7) is 2.63. The van der Waals surface area contributed by atoms with Gasteiger partial charge in [0.2, 0.25) is 6.79 Å². The van der Waals surface area contributed by atoms with Gasteiger partial charge < -0.3 is 14.2 Å². The van der Waals surface area contributed by atoms with Gasteiger partial charge in [-0.3, -0.25) is 4.79 Å². The highest BCUT2D eigenvalue weighted by atomic mass is 79.9. The van der Waals surface area contributed by atoms with Crippen LogP contribution in [0.3, 0.4) is 0 Å². The van der Waals surface area contributed by atoms with Crippen molar-refractivity contribution in [3.8, 4) is 17.2 Å². The van der Waals surface area contributed by atoms with Gasteiger partial charge in [-0.2, -0.15) is 9.78 Å². The summed E-state index contributed by atoms with van der Waals surface area (Å²) in [6, 6.07) is 16.4. The zero-order chi connectivity index (χ0) is 25.1. The molecule has 0 radical (unpaired) electrons. The number of ether oxygens (including phenoxy) is 3. The van der Waals surface area contributed by atoms with Crippen LogP contribution >= 0.6 is 27.5 Å². The van der Waals surface area contributed by atoms with Crippen LogP contribution in [0.25, 0.3) is 10.9 Å². The predicted molar refractivity (Wildman–Crippen MR) is 144 cm³/mol. The number of hydrogen-bond donors (Lipinski definition) is 0. The summed E-state index contributed by atoms with van der Waals surface area (Å²) in [7, 11) is 0. The monoisotopic (exact) mass is 567 g/mol. The second-order valence-electron chi connectivity index (χ2n) is 8.31. The summed E-state index contributed by atoms with van der Waals surface area (Å²) >= 11 is 9.71. The third-order valence-electron chi connectivity index (χ3n) is 5.74. The van der Waals surface area contributed by atoms with Crippen molar-refractivity contribution in [1.82, 2.24) is 9.66 Å². The lowest BCUT2D eigenvalue weighted by Gasteiger charge is -2.11. The van der Waals surface area contributed by atoms with Crippen LogP contribution in [0.2, 0.25) is 5.02 Å². The lowest BCUT2D eigenvalue weighted by molar-refractivity contribution is 0.174. The Morgan fingerprint density at radius 1 is 1.14 bits per heavy atom. The van der Waals surface area contributed by atoms with Crippen LogP contribution in [0.5, 0.6) is 17.2 Å². The van der Waals surface area contributed by atoms with E-state index in [1.165, 1.54) is 4.68 Å². The number of unbranched alkanes of at least 4 members (excludes halogenated alkanes) is 1. The van der Waals surface area contributed by atoms with Crippen LogP contribution in [0.1, 0.15) is 36.7 Å². The van der Waals surface area contributed by atoms with Gasteiger partial charge >= 0.3 is 0 Å². The van der Waals surface area contributed by atoms with E-state index in [0.29, 0.717) is 51.8 Å². The number of hydrogen-bond acceptors (Lipinski definition) is 6. The van der Waals surface area contributed by atoms with Gasteiger partial charge in [0, 0.05) is 21.5 Å². The second-order valence-corrected chi connectivity index (χ2v) is 9.67. The van der Waals surface area contributed by atoms with Crippen LogP contribution in [0.15, 0.2) is 69.0 Å². The Bertz CT molecular complexity index is 1520.